The first-order valence-corrected chi connectivity index (χ1v) is 6.86. The highest BCUT2D eigenvalue weighted by atomic mass is 16.5. The minimum atomic E-state index is -0.359. The molecule has 0 bridgehead atoms. The molecular weight excluding hydrogens is 282 g/mol. The van der Waals surface area contributed by atoms with Gasteiger partial charge in [-0.15, -0.1) is 0 Å². The maximum Gasteiger partial charge on any atom is 0.262 e. The predicted octanol–water partition coefficient (Wildman–Crippen LogP) is 3.04. The number of aryl methyl sites for hydroxylation is 2. The van der Waals surface area contributed by atoms with Gasteiger partial charge in [0.15, 0.2) is 18.1 Å². The summed E-state index contributed by atoms with van der Waals surface area (Å²) in [6.45, 7) is 3.63. The van der Waals surface area contributed by atoms with E-state index in [0.29, 0.717) is 17.2 Å². The Morgan fingerprint density at radius 3 is 2.45 bits per heavy atom. The molecule has 0 atom stereocenters. The van der Waals surface area contributed by atoms with Crippen molar-refractivity contribution in [1.82, 2.24) is 0 Å². The highest BCUT2D eigenvalue weighted by Gasteiger charge is 2.10. The van der Waals surface area contributed by atoms with Crippen molar-refractivity contribution < 1.29 is 19.4 Å². The standard InChI is InChI=1S/C17H19NO4/c1-11-4-6-13(14(19)8-11)18-17(20)10-22-15-7-5-12(2)9-16(15)21-3/h4-9,19H,10H2,1-3H3,(H,18,20). The van der Waals surface area contributed by atoms with Gasteiger partial charge < -0.3 is 19.9 Å². The number of carbonyl (C=O) groups is 1. The second-order valence-corrected chi connectivity index (χ2v) is 5.01. The monoisotopic (exact) mass is 301 g/mol. The number of benzene rings is 2. The Bertz CT molecular complexity index is 682. The number of hydrogen-bond donors (Lipinski definition) is 2. The van der Waals surface area contributed by atoms with Gasteiger partial charge in [0.2, 0.25) is 0 Å². The van der Waals surface area contributed by atoms with Gasteiger partial charge in [-0.3, -0.25) is 4.79 Å². The number of hydrogen-bond acceptors (Lipinski definition) is 4. The van der Waals surface area contributed by atoms with Crippen molar-refractivity contribution in [3.05, 3.63) is 47.5 Å². The maximum atomic E-state index is 11.9. The molecule has 0 heterocycles. The zero-order valence-electron chi connectivity index (χ0n) is 12.8. The van der Waals surface area contributed by atoms with Crippen molar-refractivity contribution in [3.63, 3.8) is 0 Å². The minimum absolute atomic E-state index is 0.0290. The molecule has 2 N–H and O–H groups in total. The number of rotatable bonds is 5. The largest absolute Gasteiger partial charge is 0.506 e. The number of ether oxygens (including phenoxy) is 2. The van der Waals surface area contributed by atoms with Crippen molar-refractivity contribution in [2.75, 3.05) is 19.0 Å². The van der Waals surface area contributed by atoms with Crippen LogP contribution in [-0.4, -0.2) is 24.7 Å². The number of nitrogens with one attached hydrogen (secondary N) is 1. The molecule has 1 amide bonds. The Hall–Kier alpha value is -2.69. The lowest BCUT2D eigenvalue weighted by Gasteiger charge is -2.12. The first kappa shape index (κ1) is 15.7. The van der Waals surface area contributed by atoms with E-state index in [-0.39, 0.29) is 18.3 Å². The van der Waals surface area contributed by atoms with Gasteiger partial charge in [-0.05, 0) is 49.2 Å². The minimum Gasteiger partial charge on any atom is -0.506 e. The van der Waals surface area contributed by atoms with E-state index in [1.165, 1.54) is 0 Å². The molecule has 0 aliphatic carbocycles. The number of aromatic hydroxyl groups is 1. The van der Waals surface area contributed by atoms with E-state index in [1.807, 2.05) is 26.0 Å². The van der Waals surface area contributed by atoms with Crippen molar-refractivity contribution in [3.8, 4) is 17.2 Å². The van der Waals surface area contributed by atoms with E-state index < -0.39 is 0 Å². The van der Waals surface area contributed by atoms with Gasteiger partial charge in [0.1, 0.15) is 5.75 Å². The second kappa shape index (κ2) is 6.85. The molecule has 0 aliphatic heterocycles. The SMILES string of the molecule is COc1cc(C)ccc1OCC(=O)Nc1ccc(C)cc1O. The predicted molar refractivity (Wildman–Crippen MR) is 84.7 cm³/mol. The van der Waals surface area contributed by atoms with Gasteiger partial charge in [0.25, 0.3) is 5.91 Å². The summed E-state index contributed by atoms with van der Waals surface area (Å²) in [6, 6.07) is 10.5. The summed E-state index contributed by atoms with van der Waals surface area (Å²) in [4.78, 5) is 11.9. The van der Waals surface area contributed by atoms with Gasteiger partial charge in [-0.1, -0.05) is 12.1 Å². The molecule has 0 radical (unpaired) electrons. The Labute approximate surface area is 129 Å². The van der Waals surface area contributed by atoms with Crippen LogP contribution in [0.5, 0.6) is 17.2 Å². The summed E-state index contributed by atoms with van der Waals surface area (Å²) in [5, 5.41) is 12.4. The van der Waals surface area contributed by atoms with Crippen LogP contribution < -0.4 is 14.8 Å². The van der Waals surface area contributed by atoms with E-state index in [0.717, 1.165) is 11.1 Å². The molecule has 5 nitrogen and oxygen atoms in total. The van der Waals surface area contributed by atoms with Crippen molar-refractivity contribution in [2.45, 2.75) is 13.8 Å². The van der Waals surface area contributed by atoms with Crippen LogP contribution in [0.4, 0.5) is 5.69 Å². The van der Waals surface area contributed by atoms with E-state index in [9.17, 15) is 9.90 Å². The fourth-order valence-corrected chi connectivity index (χ4v) is 1.97. The van der Waals surface area contributed by atoms with Crippen molar-refractivity contribution in [2.24, 2.45) is 0 Å². The Morgan fingerprint density at radius 1 is 1.09 bits per heavy atom. The maximum absolute atomic E-state index is 11.9. The normalized spacial score (nSPS) is 10.1. The number of carbonyl (C=O) groups excluding carboxylic acids is 1. The lowest BCUT2D eigenvalue weighted by atomic mass is 10.2. The van der Waals surface area contributed by atoms with E-state index in [1.54, 1.807) is 31.4 Å². The zero-order chi connectivity index (χ0) is 16.1. The highest BCUT2D eigenvalue weighted by Crippen LogP contribution is 2.28. The summed E-state index contributed by atoms with van der Waals surface area (Å²) in [6.07, 6.45) is 0. The third kappa shape index (κ3) is 3.91. The number of methoxy groups -OCH3 is 1. The van der Waals surface area contributed by atoms with Gasteiger partial charge in [-0.25, -0.2) is 0 Å². The van der Waals surface area contributed by atoms with Gasteiger partial charge in [-0.2, -0.15) is 0 Å². The summed E-state index contributed by atoms with van der Waals surface area (Å²) >= 11 is 0. The van der Waals surface area contributed by atoms with Gasteiger partial charge >= 0.3 is 0 Å². The molecule has 116 valence electrons. The fourth-order valence-electron chi connectivity index (χ4n) is 1.97. The van der Waals surface area contributed by atoms with Crippen LogP contribution in [0.3, 0.4) is 0 Å². The topological polar surface area (TPSA) is 67.8 Å². The van der Waals surface area contributed by atoms with Crippen LogP contribution in [0.2, 0.25) is 0 Å². The molecular formula is C17H19NO4. The zero-order valence-corrected chi connectivity index (χ0v) is 12.8. The summed E-state index contributed by atoms with van der Waals surface area (Å²) in [7, 11) is 1.55. The number of phenols is 1. The van der Waals surface area contributed by atoms with Crippen LogP contribution >= 0.6 is 0 Å². The summed E-state index contributed by atoms with van der Waals surface area (Å²) in [5.74, 6) is 0.741. The number of anilines is 1. The molecule has 0 aromatic heterocycles. The lowest BCUT2D eigenvalue weighted by Crippen LogP contribution is -2.20. The smallest absolute Gasteiger partial charge is 0.262 e. The summed E-state index contributed by atoms with van der Waals surface area (Å²) in [5.41, 5.74) is 2.31. The van der Waals surface area contributed by atoms with Gasteiger partial charge in [0, 0.05) is 0 Å². The number of phenolic OH excluding ortho intramolecular Hbond substituents is 1. The van der Waals surface area contributed by atoms with E-state index in [2.05, 4.69) is 5.32 Å². The third-order valence-corrected chi connectivity index (χ3v) is 3.11. The first-order valence-electron chi connectivity index (χ1n) is 6.86. The van der Waals surface area contributed by atoms with Gasteiger partial charge in [0.05, 0.1) is 12.8 Å². The average molecular weight is 301 g/mol. The molecule has 0 spiro atoms. The van der Waals surface area contributed by atoms with Crippen LogP contribution in [0.15, 0.2) is 36.4 Å². The van der Waals surface area contributed by atoms with Crippen molar-refractivity contribution in [1.29, 1.82) is 0 Å². The quantitative estimate of drug-likeness (QED) is 0.833. The Kier molecular flexibility index (Phi) is 4.88. The van der Waals surface area contributed by atoms with Crippen LogP contribution in [0.25, 0.3) is 0 Å². The van der Waals surface area contributed by atoms with E-state index in [4.69, 9.17) is 9.47 Å². The first-order chi connectivity index (χ1) is 10.5. The molecule has 2 aromatic rings. The molecule has 0 fully saturated rings. The summed E-state index contributed by atoms with van der Waals surface area (Å²) < 4.78 is 10.7. The molecule has 0 unspecified atom stereocenters. The van der Waals surface area contributed by atoms with Crippen LogP contribution in [-0.2, 0) is 4.79 Å². The molecule has 5 heteroatoms. The Morgan fingerprint density at radius 2 is 1.77 bits per heavy atom. The van der Waals surface area contributed by atoms with Crippen molar-refractivity contribution >= 4 is 11.6 Å². The molecule has 2 aromatic carbocycles. The lowest BCUT2D eigenvalue weighted by molar-refractivity contribution is -0.118. The van der Waals surface area contributed by atoms with E-state index >= 15 is 0 Å². The molecule has 22 heavy (non-hydrogen) atoms. The second-order valence-electron chi connectivity index (χ2n) is 5.01. The highest BCUT2D eigenvalue weighted by molar-refractivity contribution is 5.93. The molecule has 0 saturated carbocycles. The van der Waals surface area contributed by atoms with Crippen LogP contribution in [0.1, 0.15) is 11.1 Å². The number of amides is 1. The average Bonchev–Trinajstić information content (AvgIpc) is 2.48. The Balaban J connectivity index is 1.98. The fraction of sp³-hybridized carbons (Fsp3) is 0.235. The van der Waals surface area contributed by atoms with Crippen LogP contribution in [0, 0.1) is 13.8 Å². The molecule has 2 rings (SSSR count). The molecule has 0 saturated heterocycles. The third-order valence-electron chi connectivity index (χ3n) is 3.11. The molecule has 0 aliphatic rings.